The molecule has 0 unspecified atom stereocenters. The fraction of sp³-hybridized carbons (Fsp3) is 1.00. The molecule has 0 radical (unpaired) electrons. The summed E-state index contributed by atoms with van der Waals surface area (Å²) < 4.78 is 0. The van der Waals surface area contributed by atoms with Gasteiger partial charge in [-0.2, -0.15) is 0 Å². The molecule has 0 aromatic carbocycles. The first kappa shape index (κ1) is 20.8. The van der Waals surface area contributed by atoms with Crippen LogP contribution in [0, 0.1) is 0 Å². The molecule has 0 atom stereocenters. The Morgan fingerprint density at radius 2 is 0.900 bits per heavy atom. The fourth-order valence-corrected chi connectivity index (χ4v) is 6.88. The minimum absolute atomic E-state index is 0.649. The summed E-state index contributed by atoms with van der Waals surface area (Å²) >= 11 is 1.31. The van der Waals surface area contributed by atoms with Crippen molar-refractivity contribution in [1.82, 2.24) is 10.5 Å². The van der Waals surface area contributed by atoms with Crippen LogP contribution < -0.4 is 0 Å². The normalized spacial score (nSPS) is 11.7. The molecular formula is C12H28N2O4Se2. The van der Waals surface area contributed by atoms with Crippen molar-refractivity contribution >= 4 is 26.3 Å². The van der Waals surface area contributed by atoms with Crippen molar-refractivity contribution in [1.29, 1.82) is 0 Å². The van der Waals surface area contributed by atoms with Crippen LogP contribution in [0.15, 0.2) is 0 Å². The monoisotopic (exact) mass is 424 g/mol. The summed E-state index contributed by atoms with van der Waals surface area (Å²) in [5.41, 5.74) is 0. The Hall–Kier alpha value is 0.799. The quantitative estimate of drug-likeness (QED) is 0.227. The van der Waals surface area contributed by atoms with Crippen LogP contribution in [0.5, 0.6) is 0 Å². The third-order valence-electron chi connectivity index (χ3n) is 1.89. The van der Waals surface area contributed by atoms with Gasteiger partial charge in [-0.15, -0.1) is 0 Å². The predicted molar refractivity (Wildman–Crippen MR) is 81.0 cm³/mol. The van der Waals surface area contributed by atoms with Gasteiger partial charge >= 0.3 is 134 Å². The fourth-order valence-electron chi connectivity index (χ4n) is 1.25. The summed E-state index contributed by atoms with van der Waals surface area (Å²) in [6.45, 7) is 12.2. The van der Waals surface area contributed by atoms with E-state index in [-0.39, 0.29) is 0 Å². The summed E-state index contributed by atoms with van der Waals surface area (Å²) in [6.07, 6.45) is 0. The zero-order valence-corrected chi connectivity index (χ0v) is 16.4. The van der Waals surface area contributed by atoms with E-state index in [2.05, 4.69) is 0 Å². The first-order chi connectivity index (χ1) is 9.78. The standard InChI is InChI=1S/C12H28N2O4Se2/c1-5-15-13(16-6-2)9-11-19-20-12-10-14(17-7-3)18-8-4/h5-12H2,1-4H3. The Kier molecular flexibility index (Phi) is 16.8. The van der Waals surface area contributed by atoms with E-state index in [1.54, 1.807) is 10.5 Å². The molecule has 0 aromatic rings. The van der Waals surface area contributed by atoms with E-state index in [0.717, 1.165) is 23.7 Å². The van der Waals surface area contributed by atoms with Crippen LogP contribution in [-0.2, 0) is 19.4 Å². The molecule has 8 heteroatoms. The van der Waals surface area contributed by atoms with E-state index >= 15 is 0 Å². The molecule has 0 fully saturated rings. The van der Waals surface area contributed by atoms with Crippen LogP contribution in [0.1, 0.15) is 27.7 Å². The molecule has 0 aliphatic carbocycles. The number of hydrogen-bond donors (Lipinski definition) is 0. The van der Waals surface area contributed by atoms with E-state index in [1.807, 2.05) is 27.7 Å². The molecule has 0 amide bonds. The van der Waals surface area contributed by atoms with Gasteiger partial charge in [-0.25, -0.2) is 0 Å². The van der Waals surface area contributed by atoms with Crippen LogP contribution in [0.3, 0.4) is 0 Å². The van der Waals surface area contributed by atoms with E-state index in [9.17, 15) is 0 Å². The van der Waals surface area contributed by atoms with Crippen LogP contribution in [0.25, 0.3) is 0 Å². The first-order valence-electron chi connectivity index (χ1n) is 7.09. The summed E-state index contributed by atoms with van der Waals surface area (Å²) in [5.74, 6) is 0. The van der Waals surface area contributed by atoms with Gasteiger partial charge in [0.15, 0.2) is 0 Å². The van der Waals surface area contributed by atoms with Gasteiger partial charge in [-0.05, 0) is 0 Å². The van der Waals surface area contributed by atoms with Gasteiger partial charge in [0, 0.05) is 0 Å². The van der Waals surface area contributed by atoms with Crippen molar-refractivity contribution in [3.8, 4) is 0 Å². The molecule has 0 spiro atoms. The van der Waals surface area contributed by atoms with Crippen molar-refractivity contribution in [2.24, 2.45) is 0 Å². The molecule has 0 heterocycles. The third kappa shape index (κ3) is 12.5. The number of hydroxylamine groups is 4. The maximum atomic E-state index is 5.37. The summed E-state index contributed by atoms with van der Waals surface area (Å²) in [4.78, 5) is 21.5. The second-order valence-electron chi connectivity index (χ2n) is 3.43. The minimum atomic E-state index is 0.649. The zero-order chi connectivity index (χ0) is 15.1. The van der Waals surface area contributed by atoms with E-state index in [4.69, 9.17) is 19.4 Å². The van der Waals surface area contributed by atoms with Gasteiger partial charge in [0.25, 0.3) is 0 Å². The molecule has 0 rings (SSSR count). The Bertz CT molecular complexity index is 172. The van der Waals surface area contributed by atoms with E-state index in [0.29, 0.717) is 52.7 Å². The Balaban J connectivity index is 3.53. The zero-order valence-electron chi connectivity index (χ0n) is 13.0. The third-order valence-corrected chi connectivity index (χ3v) is 9.16. The Morgan fingerprint density at radius 1 is 0.600 bits per heavy atom. The van der Waals surface area contributed by atoms with Crippen molar-refractivity contribution in [2.75, 3.05) is 39.5 Å². The van der Waals surface area contributed by atoms with Crippen LogP contribution in [-0.4, -0.2) is 76.2 Å². The molecule has 0 bridgehead atoms. The predicted octanol–water partition coefficient (Wildman–Crippen LogP) is 1.56. The molecule has 0 saturated heterocycles. The van der Waals surface area contributed by atoms with Crippen molar-refractivity contribution < 1.29 is 19.4 Å². The van der Waals surface area contributed by atoms with Gasteiger partial charge in [0.2, 0.25) is 0 Å². The van der Waals surface area contributed by atoms with Gasteiger partial charge < -0.3 is 0 Å². The van der Waals surface area contributed by atoms with E-state index < -0.39 is 0 Å². The van der Waals surface area contributed by atoms with Gasteiger partial charge in [0.1, 0.15) is 0 Å². The van der Waals surface area contributed by atoms with Crippen LogP contribution in [0.2, 0.25) is 10.6 Å². The Labute approximate surface area is 134 Å². The topological polar surface area (TPSA) is 43.4 Å². The van der Waals surface area contributed by atoms with Crippen LogP contribution in [0.4, 0.5) is 0 Å². The summed E-state index contributed by atoms with van der Waals surface area (Å²) in [5, 5.41) is 5.53. The summed E-state index contributed by atoms with van der Waals surface area (Å²) in [7, 11) is 0. The molecule has 0 N–H and O–H groups in total. The van der Waals surface area contributed by atoms with Crippen molar-refractivity contribution in [3.63, 3.8) is 0 Å². The van der Waals surface area contributed by atoms with Crippen molar-refractivity contribution in [2.45, 2.75) is 38.3 Å². The van der Waals surface area contributed by atoms with Gasteiger partial charge in [-0.3, -0.25) is 0 Å². The average molecular weight is 422 g/mol. The number of nitrogens with zero attached hydrogens (tertiary/aromatic N) is 2. The molecule has 0 aliphatic rings. The second kappa shape index (κ2) is 16.2. The van der Waals surface area contributed by atoms with Gasteiger partial charge in [0.05, 0.1) is 0 Å². The molecule has 20 heavy (non-hydrogen) atoms. The number of hydrogen-bond acceptors (Lipinski definition) is 6. The van der Waals surface area contributed by atoms with Crippen LogP contribution >= 0.6 is 0 Å². The first-order valence-corrected chi connectivity index (χ1v) is 13.8. The SMILES string of the molecule is CCON(CC[Se][Se]CCN(OCC)OCC)OCC. The van der Waals surface area contributed by atoms with E-state index in [1.165, 1.54) is 0 Å². The Morgan fingerprint density at radius 3 is 1.15 bits per heavy atom. The van der Waals surface area contributed by atoms with Crippen molar-refractivity contribution in [3.05, 3.63) is 0 Å². The molecule has 122 valence electrons. The average Bonchev–Trinajstić information content (AvgIpc) is 2.43. The molecule has 0 saturated carbocycles. The van der Waals surface area contributed by atoms with Gasteiger partial charge in [-0.1, -0.05) is 0 Å². The molecule has 0 aliphatic heterocycles. The molecular weight excluding hydrogens is 394 g/mol. The maximum absolute atomic E-state index is 5.37. The molecule has 0 aromatic heterocycles. The summed E-state index contributed by atoms with van der Waals surface area (Å²) in [6, 6.07) is 0. The second-order valence-corrected chi connectivity index (χ2v) is 11.3. The number of rotatable bonds is 15. The molecule has 6 nitrogen and oxygen atoms in total.